The van der Waals surface area contributed by atoms with Gasteiger partial charge in [-0.2, -0.15) is 5.26 Å². The van der Waals surface area contributed by atoms with Crippen LogP contribution in [-0.4, -0.2) is 10.8 Å². The monoisotopic (exact) mass is 302 g/mol. The van der Waals surface area contributed by atoms with Gasteiger partial charge >= 0.3 is 0 Å². The highest BCUT2D eigenvalue weighted by Crippen LogP contribution is 2.42. The number of carbonyl (C=O) groups is 1. The molecule has 0 spiro atoms. The first-order chi connectivity index (χ1) is 11.1. The average molecular weight is 302 g/mol. The standard InChI is InChI=1S/C20H18N2O/c1-15(2)20(14-21)18-11-7-6-8-16(18)12-13-22(20)19(23)17-9-4-3-5-10-17/h3-13,15H,1-2H3. The maximum absolute atomic E-state index is 13.0. The van der Waals surface area contributed by atoms with Crippen LogP contribution in [0.3, 0.4) is 0 Å². The maximum atomic E-state index is 13.0. The fraction of sp³-hybridized carbons (Fsp3) is 0.200. The van der Waals surface area contributed by atoms with Crippen LogP contribution in [0.15, 0.2) is 60.8 Å². The van der Waals surface area contributed by atoms with Crippen molar-refractivity contribution in [2.75, 3.05) is 0 Å². The first-order valence-electron chi connectivity index (χ1n) is 7.69. The first kappa shape index (κ1) is 15.1. The SMILES string of the molecule is CC(C)C1(C#N)c2ccccc2C=CN1C(=O)c1ccccc1. The van der Waals surface area contributed by atoms with Crippen LogP contribution >= 0.6 is 0 Å². The van der Waals surface area contributed by atoms with E-state index in [1.165, 1.54) is 0 Å². The third-order valence-electron chi connectivity index (χ3n) is 4.40. The molecule has 3 rings (SSSR count). The number of nitriles is 1. The largest absolute Gasteiger partial charge is 0.291 e. The Labute approximate surface area is 136 Å². The topological polar surface area (TPSA) is 44.1 Å². The molecule has 1 heterocycles. The molecule has 1 amide bonds. The number of benzene rings is 2. The Morgan fingerprint density at radius 1 is 1.09 bits per heavy atom. The van der Waals surface area contributed by atoms with Gasteiger partial charge in [-0.1, -0.05) is 56.3 Å². The van der Waals surface area contributed by atoms with Crippen LogP contribution in [0.2, 0.25) is 0 Å². The minimum Gasteiger partial charge on any atom is -0.291 e. The third-order valence-corrected chi connectivity index (χ3v) is 4.40. The molecule has 0 aromatic heterocycles. The van der Waals surface area contributed by atoms with Crippen molar-refractivity contribution in [3.05, 3.63) is 77.5 Å². The van der Waals surface area contributed by atoms with Crippen molar-refractivity contribution in [3.63, 3.8) is 0 Å². The Morgan fingerprint density at radius 3 is 2.39 bits per heavy atom. The smallest absolute Gasteiger partial charge is 0.259 e. The van der Waals surface area contributed by atoms with Gasteiger partial charge in [-0.3, -0.25) is 9.69 Å². The normalized spacial score (nSPS) is 19.3. The number of hydrogen-bond acceptors (Lipinski definition) is 2. The Bertz CT molecular complexity index is 802. The fourth-order valence-electron chi connectivity index (χ4n) is 3.17. The lowest BCUT2D eigenvalue weighted by Gasteiger charge is -2.43. The van der Waals surface area contributed by atoms with Gasteiger partial charge in [-0.15, -0.1) is 0 Å². The van der Waals surface area contributed by atoms with Gasteiger partial charge in [-0.25, -0.2) is 0 Å². The number of rotatable bonds is 2. The molecule has 0 aliphatic carbocycles. The van der Waals surface area contributed by atoms with Crippen LogP contribution in [0, 0.1) is 17.2 Å². The lowest BCUT2D eigenvalue weighted by Crippen LogP contribution is -2.50. The summed E-state index contributed by atoms with van der Waals surface area (Å²) in [5, 5.41) is 10.0. The Balaban J connectivity index is 2.18. The number of nitrogens with zero attached hydrogens (tertiary/aromatic N) is 2. The van der Waals surface area contributed by atoms with Gasteiger partial charge < -0.3 is 0 Å². The highest BCUT2D eigenvalue weighted by Gasteiger charge is 2.46. The van der Waals surface area contributed by atoms with E-state index in [0.29, 0.717) is 5.56 Å². The van der Waals surface area contributed by atoms with E-state index in [1.54, 1.807) is 23.2 Å². The van der Waals surface area contributed by atoms with E-state index in [4.69, 9.17) is 0 Å². The molecule has 0 saturated heterocycles. The summed E-state index contributed by atoms with van der Waals surface area (Å²) in [5.74, 6) is -0.210. The van der Waals surface area contributed by atoms with Crippen molar-refractivity contribution >= 4 is 12.0 Å². The van der Waals surface area contributed by atoms with E-state index >= 15 is 0 Å². The summed E-state index contributed by atoms with van der Waals surface area (Å²) in [7, 11) is 0. The molecule has 1 aliphatic heterocycles. The lowest BCUT2D eigenvalue weighted by molar-refractivity contribution is 0.0625. The Hall–Kier alpha value is -2.86. The number of hydrogen-bond donors (Lipinski definition) is 0. The molecule has 0 N–H and O–H groups in total. The van der Waals surface area contributed by atoms with Gasteiger partial charge in [0, 0.05) is 11.8 Å². The molecule has 3 heteroatoms. The zero-order valence-corrected chi connectivity index (χ0v) is 13.2. The molecule has 0 saturated carbocycles. The molecular formula is C20H18N2O. The summed E-state index contributed by atoms with van der Waals surface area (Å²) in [6.07, 6.45) is 3.63. The van der Waals surface area contributed by atoms with Crippen LogP contribution in [0.1, 0.15) is 35.3 Å². The van der Waals surface area contributed by atoms with Crippen LogP contribution in [0.25, 0.3) is 6.08 Å². The van der Waals surface area contributed by atoms with Crippen LogP contribution in [0.5, 0.6) is 0 Å². The first-order valence-corrected chi connectivity index (χ1v) is 7.69. The van der Waals surface area contributed by atoms with Gasteiger partial charge in [0.05, 0.1) is 6.07 Å². The van der Waals surface area contributed by atoms with Gasteiger partial charge in [0.1, 0.15) is 0 Å². The van der Waals surface area contributed by atoms with Crippen LogP contribution < -0.4 is 0 Å². The number of carbonyl (C=O) groups excluding carboxylic acids is 1. The second kappa shape index (κ2) is 5.73. The van der Waals surface area contributed by atoms with Crippen molar-refractivity contribution in [1.82, 2.24) is 4.90 Å². The molecule has 3 nitrogen and oxygen atoms in total. The second-order valence-corrected chi connectivity index (χ2v) is 5.98. The van der Waals surface area contributed by atoms with E-state index in [9.17, 15) is 10.1 Å². The molecule has 1 aliphatic rings. The summed E-state index contributed by atoms with van der Waals surface area (Å²) < 4.78 is 0. The molecule has 114 valence electrons. The van der Waals surface area contributed by atoms with E-state index in [-0.39, 0.29) is 11.8 Å². The number of amides is 1. The molecular weight excluding hydrogens is 284 g/mol. The second-order valence-electron chi connectivity index (χ2n) is 5.98. The minimum atomic E-state index is -1.00. The van der Waals surface area contributed by atoms with E-state index < -0.39 is 5.54 Å². The molecule has 2 aromatic carbocycles. The van der Waals surface area contributed by atoms with Crippen molar-refractivity contribution in [3.8, 4) is 6.07 Å². The van der Waals surface area contributed by atoms with E-state index in [1.807, 2.05) is 62.4 Å². The van der Waals surface area contributed by atoms with Crippen LogP contribution in [0.4, 0.5) is 0 Å². The Kier molecular flexibility index (Phi) is 3.75. The average Bonchev–Trinajstić information content (AvgIpc) is 2.60. The predicted octanol–water partition coefficient (Wildman–Crippen LogP) is 4.19. The predicted molar refractivity (Wildman–Crippen MR) is 90.2 cm³/mol. The van der Waals surface area contributed by atoms with Crippen molar-refractivity contribution in [1.29, 1.82) is 5.26 Å². The molecule has 0 bridgehead atoms. The minimum absolute atomic E-state index is 0.0498. The molecule has 1 unspecified atom stereocenters. The van der Waals surface area contributed by atoms with E-state index in [0.717, 1.165) is 11.1 Å². The summed E-state index contributed by atoms with van der Waals surface area (Å²) in [4.78, 5) is 14.6. The highest BCUT2D eigenvalue weighted by atomic mass is 16.2. The van der Waals surface area contributed by atoms with Gasteiger partial charge in [0.25, 0.3) is 5.91 Å². The maximum Gasteiger partial charge on any atom is 0.259 e. The van der Waals surface area contributed by atoms with Crippen molar-refractivity contribution in [2.24, 2.45) is 5.92 Å². The molecule has 0 radical (unpaired) electrons. The summed E-state index contributed by atoms with van der Waals surface area (Å²) in [6.45, 7) is 3.95. The number of fused-ring (bicyclic) bond motifs is 1. The van der Waals surface area contributed by atoms with Gasteiger partial charge in [0.15, 0.2) is 5.54 Å². The molecule has 2 aromatic rings. The highest BCUT2D eigenvalue weighted by molar-refractivity contribution is 5.96. The van der Waals surface area contributed by atoms with Crippen molar-refractivity contribution in [2.45, 2.75) is 19.4 Å². The molecule has 23 heavy (non-hydrogen) atoms. The molecule has 0 fully saturated rings. The van der Waals surface area contributed by atoms with Gasteiger partial charge in [-0.05, 0) is 35.3 Å². The van der Waals surface area contributed by atoms with Crippen molar-refractivity contribution < 1.29 is 4.79 Å². The molecule has 1 atom stereocenters. The summed E-state index contributed by atoms with van der Waals surface area (Å²) in [5.41, 5.74) is 1.44. The fourth-order valence-corrected chi connectivity index (χ4v) is 3.17. The summed E-state index contributed by atoms with van der Waals surface area (Å²) in [6, 6.07) is 19.3. The zero-order chi connectivity index (χ0) is 16.4. The third kappa shape index (κ3) is 2.24. The van der Waals surface area contributed by atoms with Crippen LogP contribution in [-0.2, 0) is 5.54 Å². The van der Waals surface area contributed by atoms with Gasteiger partial charge in [0.2, 0.25) is 0 Å². The van der Waals surface area contributed by atoms with E-state index in [2.05, 4.69) is 6.07 Å². The Morgan fingerprint density at radius 2 is 1.74 bits per heavy atom. The lowest BCUT2D eigenvalue weighted by atomic mass is 9.75. The quantitative estimate of drug-likeness (QED) is 0.835. The zero-order valence-electron chi connectivity index (χ0n) is 13.2. The summed E-state index contributed by atoms with van der Waals surface area (Å²) >= 11 is 0.